The Bertz CT molecular complexity index is 756. The van der Waals surface area contributed by atoms with Crippen molar-refractivity contribution in [2.75, 3.05) is 11.4 Å². The van der Waals surface area contributed by atoms with Crippen LogP contribution in [0, 0.1) is 6.92 Å². The number of hydrogen-bond acceptors (Lipinski definition) is 2. The van der Waals surface area contributed by atoms with Gasteiger partial charge in [-0.1, -0.05) is 36.4 Å². The normalized spacial score (nSPS) is 13.8. The fourth-order valence-corrected chi connectivity index (χ4v) is 2.94. The lowest BCUT2D eigenvalue weighted by molar-refractivity contribution is -0.117. The molecule has 1 heterocycles. The minimum Gasteiger partial charge on any atom is -0.334 e. The van der Waals surface area contributed by atoms with E-state index in [-0.39, 0.29) is 11.9 Å². The number of nitrogens with zero attached hydrogens (tertiary/aromatic N) is 1. The van der Waals surface area contributed by atoms with Crippen molar-refractivity contribution in [3.05, 3.63) is 65.2 Å². The number of nitrogens with one attached hydrogen (secondary N) is 2. The molecule has 5 heteroatoms. The van der Waals surface area contributed by atoms with E-state index < -0.39 is 0 Å². The van der Waals surface area contributed by atoms with Crippen LogP contribution in [-0.4, -0.2) is 18.5 Å². The summed E-state index contributed by atoms with van der Waals surface area (Å²) in [5, 5.41) is 5.72. The van der Waals surface area contributed by atoms with E-state index in [1.54, 1.807) is 0 Å². The van der Waals surface area contributed by atoms with Gasteiger partial charge in [0.25, 0.3) is 0 Å². The molecule has 130 valence electrons. The minimum atomic E-state index is -0.193. The van der Waals surface area contributed by atoms with Gasteiger partial charge in [-0.3, -0.25) is 4.79 Å². The van der Waals surface area contributed by atoms with Crippen LogP contribution >= 0.6 is 0 Å². The Morgan fingerprint density at radius 3 is 2.44 bits per heavy atom. The number of carbonyl (C=O) groups excluding carboxylic acids is 2. The smallest absolute Gasteiger partial charge is 0.315 e. The number of aryl methyl sites for hydroxylation is 1. The molecule has 1 fully saturated rings. The van der Waals surface area contributed by atoms with Crippen LogP contribution in [0.5, 0.6) is 0 Å². The third kappa shape index (κ3) is 4.38. The number of anilines is 1. The zero-order chi connectivity index (χ0) is 17.6. The van der Waals surface area contributed by atoms with Gasteiger partial charge in [0.1, 0.15) is 0 Å². The molecule has 0 radical (unpaired) electrons. The van der Waals surface area contributed by atoms with Crippen molar-refractivity contribution in [2.45, 2.75) is 32.9 Å². The number of rotatable bonds is 5. The minimum absolute atomic E-state index is 0.182. The molecule has 0 atom stereocenters. The second kappa shape index (κ2) is 7.83. The summed E-state index contributed by atoms with van der Waals surface area (Å²) >= 11 is 0. The highest BCUT2D eigenvalue weighted by Gasteiger charge is 2.21. The van der Waals surface area contributed by atoms with Crippen LogP contribution in [0.1, 0.15) is 29.5 Å². The average molecular weight is 337 g/mol. The molecular weight excluding hydrogens is 314 g/mol. The van der Waals surface area contributed by atoms with Gasteiger partial charge in [-0.2, -0.15) is 0 Å². The Balaban J connectivity index is 1.47. The standard InChI is InChI=1S/C20H23N3O2/c1-15-5-2-3-6-17(15)14-22-20(25)21-13-16-8-10-18(11-9-16)23-12-4-7-19(23)24/h2-3,5-6,8-11H,4,7,12-14H2,1H3,(H2,21,22,25). The summed E-state index contributed by atoms with van der Waals surface area (Å²) in [5.41, 5.74) is 4.20. The fourth-order valence-electron chi connectivity index (χ4n) is 2.94. The second-order valence-corrected chi connectivity index (χ2v) is 6.28. The van der Waals surface area contributed by atoms with Crippen LogP contribution in [0.15, 0.2) is 48.5 Å². The van der Waals surface area contributed by atoms with E-state index in [1.807, 2.05) is 60.4 Å². The van der Waals surface area contributed by atoms with Crippen LogP contribution in [0.2, 0.25) is 0 Å². The van der Waals surface area contributed by atoms with Crippen molar-refractivity contribution in [2.24, 2.45) is 0 Å². The summed E-state index contributed by atoms with van der Waals surface area (Å²) in [4.78, 5) is 25.5. The Labute approximate surface area is 148 Å². The highest BCUT2D eigenvalue weighted by Crippen LogP contribution is 2.21. The van der Waals surface area contributed by atoms with Gasteiger partial charge in [0.05, 0.1) is 0 Å². The van der Waals surface area contributed by atoms with Crippen molar-refractivity contribution < 1.29 is 9.59 Å². The molecule has 5 nitrogen and oxygen atoms in total. The molecule has 2 aromatic rings. The molecule has 1 saturated heterocycles. The highest BCUT2D eigenvalue weighted by atomic mass is 16.2. The fraction of sp³-hybridized carbons (Fsp3) is 0.300. The van der Waals surface area contributed by atoms with E-state index >= 15 is 0 Å². The maximum Gasteiger partial charge on any atom is 0.315 e. The molecule has 2 N–H and O–H groups in total. The molecule has 0 aromatic heterocycles. The zero-order valence-corrected chi connectivity index (χ0v) is 14.4. The molecule has 3 rings (SSSR count). The Hall–Kier alpha value is -2.82. The topological polar surface area (TPSA) is 61.4 Å². The number of hydrogen-bond donors (Lipinski definition) is 2. The van der Waals surface area contributed by atoms with E-state index in [0.29, 0.717) is 19.5 Å². The summed E-state index contributed by atoms with van der Waals surface area (Å²) in [6, 6.07) is 15.6. The van der Waals surface area contributed by atoms with Gasteiger partial charge >= 0.3 is 6.03 Å². The number of urea groups is 1. The van der Waals surface area contributed by atoms with E-state index in [9.17, 15) is 9.59 Å². The molecule has 0 bridgehead atoms. The van der Waals surface area contributed by atoms with Crippen LogP contribution in [-0.2, 0) is 17.9 Å². The monoisotopic (exact) mass is 337 g/mol. The van der Waals surface area contributed by atoms with Crippen molar-refractivity contribution in [3.63, 3.8) is 0 Å². The zero-order valence-electron chi connectivity index (χ0n) is 14.4. The molecule has 0 saturated carbocycles. The van der Waals surface area contributed by atoms with Gasteiger partial charge in [-0.15, -0.1) is 0 Å². The SMILES string of the molecule is Cc1ccccc1CNC(=O)NCc1ccc(N2CCCC2=O)cc1. The van der Waals surface area contributed by atoms with Crippen molar-refractivity contribution >= 4 is 17.6 Å². The van der Waals surface area contributed by atoms with E-state index in [2.05, 4.69) is 10.6 Å². The Kier molecular flexibility index (Phi) is 5.33. The van der Waals surface area contributed by atoms with Crippen molar-refractivity contribution in [3.8, 4) is 0 Å². The summed E-state index contributed by atoms with van der Waals surface area (Å²) < 4.78 is 0. The van der Waals surface area contributed by atoms with Gasteiger partial charge in [-0.05, 0) is 42.2 Å². The number of carbonyl (C=O) groups is 2. The third-order valence-corrected chi connectivity index (χ3v) is 4.48. The highest BCUT2D eigenvalue weighted by molar-refractivity contribution is 5.95. The predicted molar refractivity (Wildman–Crippen MR) is 98.3 cm³/mol. The quantitative estimate of drug-likeness (QED) is 0.880. The number of benzene rings is 2. The first-order valence-electron chi connectivity index (χ1n) is 8.59. The number of amides is 3. The largest absolute Gasteiger partial charge is 0.334 e. The van der Waals surface area contributed by atoms with Gasteiger partial charge in [0, 0.05) is 31.7 Å². The maximum absolute atomic E-state index is 11.9. The van der Waals surface area contributed by atoms with Gasteiger partial charge in [0.15, 0.2) is 0 Å². The first-order valence-corrected chi connectivity index (χ1v) is 8.59. The Morgan fingerprint density at radius 2 is 1.76 bits per heavy atom. The summed E-state index contributed by atoms with van der Waals surface area (Å²) in [6.45, 7) is 3.78. The van der Waals surface area contributed by atoms with Gasteiger partial charge < -0.3 is 15.5 Å². The first kappa shape index (κ1) is 17.0. The summed E-state index contributed by atoms with van der Waals surface area (Å²) in [7, 11) is 0. The molecule has 1 aliphatic rings. The average Bonchev–Trinajstić information content (AvgIpc) is 3.06. The third-order valence-electron chi connectivity index (χ3n) is 4.48. The molecule has 25 heavy (non-hydrogen) atoms. The predicted octanol–water partition coefficient (Wildman–Crippen LogP) is 3.12. The van der Waals surface area contributed by atoms with Gasteiger partial charge in [-0.25, -0.2) is 4.79 Å². The maximum atomic E-state index is 11.9. The second-order valence-electron chi connectivity index (χ2n) is 6.28. The van der Waals surface area contributed by atoms with E-state index in [4.69, 9.17) is 0 Å². The van der Waals surface area contributed by atoms with Crippen molar-refractivity contribution in [1.29, 1.82) is 0 Å². The Morgan fingerprint density at radius 1 is 1.04 bits per heavy atom. The van der Waals surface area contributed by atoms with Crippen LogP contribution in [0.25, 0.3) is 0 Å². The molecule has 0 spiro atoms. The van der Waals surface area contributed by atoms with E-state index in [0.717, 1.165) is 35.3 Å². The lowest BCUT2D eigenvalue weighted by Gasteiger charge is -2.16. The van der Waals surface area contributed by atoms with Crippen LogP contribution in [0.3, 0.4) is 0 Å². The summed E-state index contributed by atoms with van der Waals surface area (Å²) in [5.74, 6) is 0.182. The first-order chi connectivity index (χ1) is 12.1. The van der Waals surface area contributed by atoms with Crippen LogP contribution < -0.4 is 15.5 Å². The lowest BCUT2D eigenvalue weighted by atomic mass is 10.1. The molecule has 3 amide bonds. The molecular formula is C20H23N3O2. The van der Waals surface area contributed by atoms with Gasteiger partial charge in [0.2, 0.25) is 5.91 Å². The summed E-state index contributed by atoms with van der Waals surface area (Å²) in [6.07, 6.45) is 1.55. The van der Waals surface area contributed by atoms with Crippen molar-refractivity contribution in [1.82, 2.24) is 10.6 Å². The molecule has 0 unspecified atom stereocenters. The van der Waals surface area contributed by atoms with Crippen LogP contribution in [0.4, 0.5) is 10.5 Å². The molecule has 1 aliphatic heterocycles. The molecule has 0 aliphatic carbocycles. The lowest BCUT2D eigenvalue weighted by Crippen LogP contribution is -2.34. The van der Waals surface area contributed by atoms with E-state index in [1.165, 1.54) is 0 Å². The molecule has 2 aromatic carbocycles.